The van der Waals surface area contributed by atoms with Gasteiger partial charge in [0.15, 0.2) is 12.6 Å². The normalized spacial score (nSPS) is 28.8. The molecule has 6 unspecified atom stereocenters. The molecule has 3 rings (SSSR count). The average molecular weight is 1090 g/mol. The minimum absolute atomic E-state index is 0.00834. The third-order valence-corrected chi connectivity index (χ3v) is 11.1. The van der Waals surface area contributed by atoms with Gasteiger partial charge in [0, 0.05) is 19.6 Å². The Balaban J connectivity index is 2.22. The lowest BCUT2D eigenvalue weighted by Gasteiger charge is -2.51. The highest BCUT2D eigenvalue weighted by atomic mass is 16.7. The van der Waals surface area contributed by atoms with Crippen molar-refractivity contribution in [3.63, 3.8) is 0 Å². The van der Waals surface area contributed by atoms with Crippen molar-refractivity contribution >= 4 is 36.4 Å². The van der Waals surface area contributed by atoms with Crippen LogP contribution in [0.5, 0.6) is 0 Å². The summed E-state index contributed by atoms with van der Waals surface area (Å²) >= 11 is 0. The van der Waals surface area contributed by atoms with E-state index >= 15 is 0 Å². The molecule has 26 heteroatoms. The number of rotatable bonds is 18. The summed E-state index contributed by atoms with van der Waals surface area (Å²) in [4.78, 5) is 79.6. The maximum Gasteiger partial charge on any atom is 0.408 e. The highest BCUT2D eigenvalue weighted by Crippen LogP contribution is 2.34. The Labute approximate surface area is 446 Å². The fourth-order valence-corrected chi connectivity index (χ4v) is 8.18. The van der Waals surface area contributed by atoms with Gasteiger partial charge in [-0.2, -0.15) is 0 Å². The largest absolute Gasteiger partial charge is 0.444 e. The molecule has 1 aliphatic carbocycles. The van der Waals surface area contributed by atoms with Crippen molar-refractivity contribution < 1.29 is 91.8 Å². The van der Waals surface area contributed by atoms with Crippen molar-refractivity contribution in [3.8, 4) is 0 Å². The highest BCUT2D eigenvalue weighted by molar-refractivity contribution is 5.81. The smallest absolute Gasteiger partial charge is 0.408 e. The van der Waals surface area contributed by atoms with Crippen LogP contribution in [0.4, 0.5) is 24.0 Å². The number of aliphatic hydroxyl groups is 4. The summed E-state index contributed by atoms with van der Waals surface area (Å²) in [6.07, 6.45) is -16.4. The molecule has 76 heavy (non-hydrogen) atoms. The number of nitrogens with one attached hydrogen (secondary N) is 7. The Kier molecular flexibility index (Phi) is 23.9. The molecule has 11 N–H and O–H groups in total. The molecule has 2 saturated heterocycles. The quantitative estimate of drug-likeness (QED) is 0.0692. The van der Waals surface area contributed by atoms with Crippen molar-refractivity contribution in [1.82, 2.24) is 37.2 Å². The summed E-state index contributed by atoms with van der Waals surface area (Å²) in [6.45, 7) is 27.7. The Morgan fingerprint density at radius 1 is 0.592 bits per heavy atom. The molecule has 3 aliphatic rings. The van der Waals surface area contributed by atoms with E-state index in [0.29, 0.717) is 6.42 Å². The zero-order valence-corrected chi connectivity index (χ0v) is 46.9. The molecule has 0 aromatic carbocycles. The molecule has 0 bridgehead atoms. The molecule has 0 radical (unpaired) electrons. The maximum absolute atomic E-state index is 14.1. The van der Waals surface area contributed by atoms with Gasteiger partial charge in [0.1, 0.15) is 52.4 Å². The standard InChI is InChI=1S/C50H89N7O19/c1-17-21-51-33-36(71-40-35(61)32(34(60)31(25-58)69-40)57-45(67)76-50(14,15)16)28(54-38(62)30(59)20-22-52-41(63)72-46(2,3)4)23-29(56-44(66)75-49(11,12)13)37(33)70-39-27(55-43(65)74-48(8,9)10)19-18-26(68-39)24-53-42(64)73-47(5,6)7/h17,26-37,39-40,51,58-61H,1,18-25H2,2-16H3,(H,52,63)(H,53,64)(H,54,62)(H,55,65)(H,56,66)(H,57,67)/t26?,27?,28-,29+,30+,31?,32+,33?,34-,35?,36+,37?,39-,40-/m1/s1. The summed E-state index contributed by atoms with van der Waals surface area (Å²) in [5.74, 6) is -0.960. The van der Waals surface area contributed by atoms with Gasteiger partial charge >= 0.3 is 30.5 Å². The molecule has 26 nitrogen and oxygen atoms in total. The molecule has 2 aliphatic heterocycles. The summed E-state index contributed by atoms with van der Waals surface area (Å²) in [5, 5.41) is 64.2. The van der Waals surface area contributed by atoms with E-state index in [-0.39, 0.29) is 38.9 Å². The third-order valence-electron chi connectivity index (χ3n) is 11.1. The fraction of sp³-hybridized carbons (Fsp3) is 0.840. The van der Waals surface area contributed by atoms with Gasteiger partial charge in [-0.25, -0.2) is 24.0 Å². The lowest BCUT2D eigenvalue weighted by atomic mass is 9.81. The van der Waals surface area contributed by atoms with Gasteiger partial charge in [-0.05, 0) is 130 Å². The summed E-state index contributed by atoms with van der Waals surface area (Å²) in [7, 11) is 0. The average Bonchev–Trinajstić information content (AvgIpc) is 3.23. The van der Waals surface area contributed by atoms with Gasteiger partial charge in [-0.15, -0.1) is 6.58 Å². The monoisotopic (exact) mass is 1090 g/mol. The lowest BCUT2D eigenvalue weighted by molar-refractivity contribution is -0.306. The van der Waals surface area contributed by atoms with Crippen LogP contribution >= 0.6 is 0 Å². The number of amides is 6. The fourth-order valence-electron chi connectivity index (χ4n) is 8.18. The van der Waals surface area contributed by atoms with Gasteiger partial charge in [0.2, 0.25) is 5.91 Å². The third kappa shape index (κ3) is 23.0. The Hall–Kier alpha value is -4.80. The number of carbonyl (C=O) groups excluding carboxylic acids is 6. The van der Waals surface area contributed by atoms with E-state index in [1.807, 2.05) is 0 Å². The summed E-state index contributed by atoms with van der Waals surface area (Å²) < 4.78 is 53.5. The number of ether oxygens (including phenoxy) is 9. The number of aliphatic hydroxyl groups excluding tert-OH is 4. The zero-order chi connectivity index (χ0) is 57.7. The van der Waals surface area contributed by atoms with E-state index in [4.69, 9.17) is 42.6 Å². The van der Waals surface area contributed by atoms with Crippen LogP contribution in [-0.4, -0.2) is 197 Å². The van der Waals surface area contributed by atoms with Crippen molar-refractivity contribution in [2.45, 2.75) is 243 Å². The van der Waals surface area contributed by atoms with Crippen molar-refractivity contribution in [2.75, 3.05) is 26.2 Å². The van der Waals surface area contributed by atoms with E-state index in [0.717, 1.165) is 0 Å². The molecule has 14 atom stereocenters. The molecule has 3 fully saturated rings. The predicted octanol–water partition coefficient (Wildman–Crippen LogP) is 2.21. The first-order valence-electron chi connectivity index (χ1n) is 25.7. The van der Waals surface area contributed by atoms with Crippen LogP contribution in [0.15, 0.2) is 12.7 Å². The first-order valence-corrected chi connectivity index (χ1v) is 25.7. The molecule has 2 heterocycles. The van der Waals surface area contributed by atoms with Crippen LogP contribution < -0.4 is 37.2 Å². The number of hydrogen-bond donors (Lipinski definition) is 11. The van der Waals surface area contributed by atoms with E-state index in [1.54, 1.807) is 104 Å². The van der Waals surface area contributed by atoms with Crippen molar-refractivity contribution in [1.29, 1.82) is 0 Å². The number of carbonyl (C=O) groups is 6. The van der Waals surface area contributed by atoms with Crippen LogP contribution in [0, 0.1) is 0 Å². The van der Waals surface area contributed by atoms with Crippen molar-refractivity contribution in [2.24, 2.45) is 0 Å². The second-order valence-electron chi connectivity index (χ2n) is 24.0. The van der Waals surface area contributed by atoms with Crippen LogP contribution in [-0.2, 0) is 47.4 Å². The first kappa shape index (κ1) is 65.5. The van der Waals surface area contributed by atoms with E-state index in [1.165, 1.54) is 6.08 Å². The van der Waals surface area contributed by atoms with Crippen LogP contribution in [0.2, 0.25) is 0 Å². The molecule has 0 spiro atoms. The predicted molar refractivity (Wildman–Crippen MR) is 273 cm³/mol. The van der Waals surface area contributed by atoms with Crippen LogP contribution in [0.1, 0.15) is 130 Å². The second kappa shape index (κ2) is 27.7. The molecule has 1 saturated carbocycles. The Morgan fingerprint density at radius 2 is 1.05 bits per heavy atom. The van der Waals surface area contributed by atoms with E-state index < -0.39 is 157 Å². The minimum Gasteiger partial charge on any atom is -0.444 e. The number of alkyl carbamates (subject to hydrolysis) is 5. The van der Waals surface area contributed by atoms with E-state index in [9.17, 15) is 49.2 Å². The topological polar surface area (TPSA) is 351 Å². The van der Waals surface area contributed by atoms with Gasteiger partial charge in [0.05, 0.1) is 55.1 Å². The summed E-state index contributed by atoms with van der Waals surface area (Å²) in [5.41, 5.74) is -4.56. The van der Waals surface area contributed by atoms with Crippen LogP contribution in [0.25, 0.3) is 0 Å². The first-order chi connectivity index (χ1) is 34.9. The summed E-state index contributed by atoms with van der Waals surface area (Å²) in [6, 6.07) is -6.21. The molecular weight excluding hydrogens is 1000 g/mol. The molecule has 6 amide bonds. The molecule has 438 valence electrons. The van der Waals surface area contributed by atoms with Gasteiger partial charge < -0.3 is 100 Å². The minimum atomic E-state index is -1.90. The Bertz CT molecular complexity index is 1930. The van der Waals surface area contributed by atoms with Crippen LogP contribution in [0.3, 0.4) is 0 Å². The molecule has 0 aromatic heterocycles. The Morgan fingerprint density at radius 3 is 1.55 bits per heavy atom. The maximum atomic E-state index is 14.1. The molecule has 0 aromatic rings. The van der Waals surface area contributed by atoms with E-state index in [2.05, 4.69) is 43.8 Å². The van der Waals surface area contributed by atoms with Gasteiger partial charge in [0.25, 0.3) is 0 Å². The molecular formula is C50H89N7O19. The lowest BCUT2D eigenvalue weighted by Crippen LogP contribution is -2.73. The second-order valence-corrected chi connectivity index (χ2v) is 24.0. The van der Waals surface area contributed by atoms with Gasteiger partial charge in [-0.3, -0.25) is 4.79 Å². The van der Waals surface area contributed by atoms with Crippen molar-refractivity contribution in [3.05, 3.63) is 12.7 Å². The number of hydrogen-bond acceptors (Lipinski definition) is 20. The highest BCUT2D eigenvalue weighted by Gasteiger charge is 2.54. The SMILES string of the molecule is C=CCNC1C(O[C@H]2OC(CNC(=O)OC(C)(C)C)CCC2NC(=O)OC(C)(C)C)[C@@H](NC(=O)OC(C)(C)C)C[C@@H](NC(=O)[C@@H](O)CCNC(=O)OC(C)(C)C)[C@@H]1O[C@H]1OC(CO)[C@@H](O)[C@H](NC(=O)OC(C)(C)C)C1O. The zero-order valence-electron chi connectivity index (χ0n) is 46.9. The van der Waals surface area contributed by atoms with Gasteiger partial charge in [-0.1, -0.05) is 6.08 Å².